The molecule has 1 unspecified atom stereocenters. The van der Waals surface area contributed by atoms with Crippen LogP contribution >= 0.6 is 0 Å². The third kappa shape index (κ3) is 2.93. The lowest BCUT2D eigenvalue weighted by atomic mass is 9.91. The van der Waals surface area contributed by atoms with Gasteiger partial charge < -0.3 is 10.4 Å². The molecule has 0 spiro atoms. The fourth-order valence-electron chi connectivity index (χ4n) is 2.00. The maximum absolute atomic E-state index is 13.8. The lowest BCUT2D eigenvalue weighted by Gasteiger charge is -2.31. The summed E-state index contributed by atoms with van der Waals surface area (Å²) in [6.45, 7) is 1.03. The quantitative estimate of drug-likeness (QED) is 0.900. The predicted molar refractivity (Wildman–Crippen MR) is 70.8 cm³/mol. The molecule has 0 saturated heterocycles. The van der Waals surface area contributed by atoms with Crippen LogP contribution in [0.25, 0.3) is 0 Å². The summed E-state index contributed by atoms with van der Waals surface area (Å²) in [6.07, 6.45) is 0. The number of nitrogens with one attached hydrogen (secondary N) is 1. The van der Waals surface area contributed by atoms with Gasteiger partial charge in [0.2, 0.25) is 0 Å². The Bertz CT molecular complexity index is 618. The second-order valence-corrected chi connectivity index (χ2v) is 4.75. The SMILES string of the molecule is CC(CO)(Nc1cccc(F)c1)c1cc(F)ccc1F. The molecule has 0 aliphatic carbocycles. The summed E-state index contributed by atoms with van der Waals surface area (Å²) in [5.41, 5.74) is -0.922. The normalized spacial score (nSPS) is 13.8. The van der Waals surface area contributed by atoms with Crippen molar-refractivity contribution in [3.63, 3.8) is 0 Å². The number of rotatable bonds is 4. The van der Waals surface area contributed by atoms with Crippen molar-refractivity contribution in [2.24, 2.45) is 0 Å². The molecule has 2 N–H and O–H groups in total. The van der Waals surface area contributed by atoms with E-state index in [1.165, 1.54) is 25.1 Å². The first-order valence-corrected chi connectivity index (χ1v) is 6.05. The van der Waals surface area contributed by atoms with Gasteiger partial charge >= 0.3 is 0 Å². The van der Waals surface area contributed by atoms with E-state index in [9.17, 15) is 18.3 Å². The maximum atomic E-state index is 13.8. The molecule has 1 atom stereocenters. The average Bonchev–Trinajstić information content (AvgIpc) is 2.41. The molecule has 0 aliphatic rings. The Morgan fingerprint density at radius 1 is 1.05 bits per heavy atom. The maximum Gasteiger partial charge on any atom is 0.129 e. The first-order valence-electron chi connectivity index (χ1n) is 6.05. The second-order valence-electron chi connectivity index (χ2n) is 4.75. The van der Waals surface area contributed by atoms with Crippen LogP contribution in [0, 0.1) is 17.5 Å². The third-order valence-electron chi connectivity index (χ3n) is 3.08. The van der Waals surface area contributed by atoms with Crippen LogP contribution in [0.1, 0.15) is 12.5 Å². The minimum atomic E-state index is -1.26. The first kappa shape index (κ1) is 14.4. The number of aliphatic hydroxyl groups excluding tert-OH is 1. The van der Waals surface area contributed by atoms with Crippen molar-refractivity contribution in [3.8, 4) is 0 Å². The van der Waals surface area contributed by atoms with E-state index in [-0.39, 0.29) is 5.56 Å². The molecule has 20 heavy (non-hydrogen) atoms. The highest BCUT2D eigenvalue weighted by molar-refractivity contribution is 5.48. The number of hydrogen-bond donors (Lipinski definition) is 2. The smallest absolute Gasteiger partial charge is 0.129 e. The Morgan fingerprint density at radius 3 is 2.40 bits per heavy atom. The van der Waals surface area contributed by atoms with Crippen molar-refractivity contribution < 1.29 is 18.3 Å². The molecule has 2 rings (SSSR count). The fraction of sp³-hybridized carbons (Fsp3) is 0.200. The van der Waals surface area contributed by atoms with Gasteiger partial charge in [0.15, 0.2) is 0 Å². The van der Waals surface area contributed by atoms with Crippen LogP contribution in [0.15, 0.2) is 42.5 Å². The minimum Gasteiger partial charge on any atom is -0.394 e. The standard InChI is InChI=1S/C15H14F3NO/c1-15(9-20,13-8-11(17)5-6-14(13)18)19-12-4-2-3-10(16)7-12/h2-8,19-20H,9H2,1H3. The van der Waals surface area contributed by atoms with Gasteiger partial charge in [-0.25, -0.2) is 13.2 Å². The molecule has 0 radical (unpaired) electrons. The van der Waals surface area contributed by atoms with Crippen molar-refractivity contribution in [1.82, 2.24) is 0 Å². The van der Waals surface area contributed by atoms with E-state index < -0.39 is 29.6 Å². The summed E-state index contributed by atoms with van der Waals surface area (Å²) in [6, 6.07) is 8.55. The van der Waals surface area contributed by atoms with E-state index in [0.29, 0.717) is 5.69 Å². The van der Waals surface area contributed by atoms with E-state index in [2.05, 4.69) is 5.32 Å². The zero-order valence-electron chi connectivity index (χ0n) is 10.8. The van der Waals surface area contributed by atoms with Crippen molar-refractivity contribution in [2.75, 3.05) is 11.9 Å². The summed E-state index contributed by atoms with van der Waals surface area (Å²) < 4.78 is 40.3. The molecular formula is C15H14F3NO. The largest absolute Gasteiger partial charge is 0.394 e. The summed E-state index contributed by atoms with van der Waals surface area (Å²) in [4.78, 5) is 0. The molecule has 0 amide bonds. The van der Waals surface area contributed by atoms with Crippen LogP contribution in [-0.4, -0.2) is 11.7 Å². The third-order valence-corrected chi connectivity index (χ3v) is 3.08. The Balaban J connectivity index is 2.40. The molecule has 2 nitrogen and oxygen atoms in total. The van der Waals surface area contributed by atoms with Crippen molar-refractivity contribution in [1.29, 1.82) is 0 Å². The lowest BCUT2D eigenvalue weighted by Crippen LogP contribution is -2.37. The number of benzene rings is 2. The van der Waals surface area contributed by atoms with Crippen LogP contribution in [0.2, 0.25) is 0 Å². The van der Waals surface area contributed by atoms with E-state index >= 15 is 0 Å². The van der Waals surface area contributed by atoms with Crippen LogP contribution in [0.4, 0.5) is 18.9 Å². The van der Waals surface area contributed by atoms with Gasteiger partial charge in [-0.1, -0.05) is 6.07 Å². The van der Waals surface area contributed by atoms with Gasteiger partial charge in [-0.2, -0.15) is 0 Å². The first-order chi connectivity index (χ1) is 9.44. The van der Waals surface area contributed by atoms with Crippen molar-refractivity contribution >= 4 is 5.69 Å². The Morgan fingerprint density at radius 2 is 1.75 bits per heavy atom. The molecule has 2 aromatic carbocycles. The molecule has 0 aromatic heterocycles. The summed E-state index contributed by atoms with van der Waals surface area (Å²) in [5, 5.41) is 12.4. The highest BCUT2D eigenvalue weighted by atomic mass is 19.1. The van der Waals surface area contributed by atoms with Gasteiger partial charge in [0.05, 0.1) is 12.1 Å². The van der Waals surface area contributed by atoms with Gasteiger partial charge in [0.1, 0.15) is 17.5 Å². The van der Waals surface area contributed by atoms with Crippen LogP contribution in [-0.2, 0) is 5.54 Å². The summed E-state index contributed by atoms with van der Waals surface area (Å²) in [5.74, 6) is -1.72. The molecule has 0 aliphatic heterocycles. The van der Waals surface area contributed by atoms with Gasteiger partial charge in [0, 0.05) is 11.3 Å². The van der Waals surface area contributed by atoms with Crippen LogP contribution in [0.5, 0.6) is 0 Å². The lowest BCUT2D eigenvalue weighted by molar-refractivity contribution is 0.220. The van der Waals surface area contributed by atoms with Crippen molar-refractivity contribution in [2.45, 2.75) is 12.5 Å². The van der Waals surface area contributed by atoms with E-state index in [1.807, 2.05) is 0 Å². The monoisotopic (exact) mass is 281 g/mol. The Kier molecular flexibility index (Phi) is 3.99. The number of halogens is 3. The highest BCUT2D eigenvalue weighted by Gasteiger charge is 2.29. The summed E-state index contributed by atoms with van der Waals surface area (Å²) in [7, 11) is 0. The molecule has 0 bridgehead atoms. The van der Waals surface area contributed by atoms with Gasteiger partial charge in [0.25, 0.3) is 0 Å². The predicted octanol–water partition coefficient (Wildman–Crippen LogP) is 3.42. The zero-order valence-corrected chi connectivity index (χ0v) is 10.8. The van der Waals surface area contributed by atoms with Gasteiger partial charge in [-0.05, 0) is 43.3 Å². The van der Waals surface area contributed by atoms with Crippen molar-refractivity contribution in [3.05, 3.63) is 65.5 Å². The number of aliphatic hydroxyl groups is 1. The topological polar surface area (TPSA) is 32.3 Å². The van der Waals surface area contributed by atoms with E-state index in [0.717, 1.165) is 18.2 Å². The average molecular weight is 281 g/mol. The van der Waals surface area contributed by atoms with Gasteiger partial charge in [-0.15, -0.1) is 0 Å². The van der Waals surface area contributed by atoms with E-state index in [1.54, 1.807) is 6.07 Å². The van der Waals surface area contributed by atoms with Crippen LogP contribution in [0.3, 0.4) is 0 Å². The number of anilines is 1. The zero-order chi connectivity index (χ0) is 14.8. The van der Waals surface area contributed by atoms with E-state index in [4.69, 9.17) is 0 Å². The molecule has 5 heteroatoms. The fourth-order valence-corrected chi connectivity index (χ4v) is 2.00. The highest BCUT2D eigenvalue weighted by Crippen LogP contribution is 2.28. The minimum absolute atomic E-state index is 0.0238. The van der Waals surface area contributed by atoms with Crippen LogP contribution < -0.4 is 5.32 Å². The molecule has 0 saturated carbocycles. The summed E-state index contributed by atoms with van der Waals surface area (Å²) >= 11 is 0. The molecular weight excluding hydrogens is 267 g/mol. The Hall–Kier alpha value is -2.01. The van der Waals surface area contributed by atoms with Gasteiger partial charge in [-0.3, -0.25) is 0 Å². The molecule has 0 fully saturated rings. The second kappa shape index (κ2) is 5.54. The molecule has 2 aromatic rings. The molecule has 0 heterocycles. The number of hydrogen-bond acceptors (Lipinski definition) is 2. The Labute approximate surface area is 114 Å². The molecule has 106 valence electrons.